The van der Waals surface area contributed by atoms with E-state index >= 15 is 0 Å². The van der Waals surface area contributed by atoms with Gasteiger partial charge in [0, 0.05) is 6.08 Å². The largest absolute Gasteiger partial charge is 0.416 e. The highest BCUT2D eigenvalue weighted by molar-refractivity contribution is 5.92. The van der Waals surface area contributed by atoms with Crippen LogP contribution in [0.2, 0.25) is 0 Å². The van der Waals surface area contributed by atoms with Crippen molar-refractivity contribution in [3.05, 3.63) is 77.4 Å². The van der Waals surface area contributed by atoms with Crippen LogP contribution < -0.4 is 5.32 Å². The van der Waals surface area contributed by atoms with Crippen molar-refractivity contribution in [2.45, 2.75) is 19.1 Å². The summed E-state index contributed by atoms with van der Waals surface area (Å²) in [6, 6.07) is 14.0. The van der Waals surface area contributed by atoms with Crippen molar-refractivity contribution in [3.8, 4) is 0 Å². The van der Waals surface area contributed by atoms with Crippen molar-refractivity contribution in [3.63, 3.8) is 0 Å². The molecule has 0 heterocycles. The third-order valence-corrected chi connectivity index (χ3v) is 3.30. The number of carbonyl (C=O) groups excluding carboxylic acids is 1. The van der Waals surface area contributed by atoms with Gasteiger partial charge in [-0.1, -0.05) is 42.5 Å². The Morgan fingerprint density at radius 2 is 1.78 bits per heavy atom. The SMILES string of the molecule is CC(NC(=O)/C=C/c1cccc(C(F)(F)F)c1)c1ccccc1. The van der Waals surface area contributed by atoms with Crippen LogP contribution in [0.1, 0.15) is 29.7 Å². The first-order chi connectivity index (χ1) is 10.9. The lowest BCUT2D eigenvalue weighted by molar-refractivity contribution is -0.137. The van der Waals surface area contributed by atoms with Crippen LogP contribution in [0.15, 0.2) is 60.7 Å². The van der Waals surface area contributed by atoms with Crippen LogP contribution in [0.4, 0.5) is 13.2 Å². The van der Waals surface area contributed by atoms with Gasteiger partial charge in [-0.25, -0.2) is 0 Å². The fourth-order valence-corrected chi connectivity index (χ4v) is 2.08. The van der Waals surface area contributed by atoms with Crippen molar-refractivity contribution < 1.29 is 18.0 Å². The number of halogens is 3. The molecule has 0 aliphatic heterocycles. The molecule has 2 nitrogen and oxygen atoms in total. The van der Waals surface area contributed by atoms with Crippen LogP contribution in [0.25, 0.3) is 6.08 Å². The van der Waals surface area contributed by atoms with Gasteiger partial charge >= 0.3 is 6.18 Å². The molecule has 2 aromatic rings. The van der Waals surface area contributed by atoms with Crippen LogP contribution in [0.5, 0.6) is 0 Å². The number of nitrogens with one attached hydrogen (secondary N) is 1. The molecule has 5 heteroatoms. The molecular weight excluding hydrogens is 303 g/mol. The summed E-state index contributed by atoms with van der Waals surface area (Å²) in [4.78, 5) is 11.9. The molecule has 1 amide bonds. The molecule has 0 saturated carbocycles. The van der Waals surface area contributed by atoms with Crippen LogP contribution in [0, 0.1) is 0 Å². The first-order valence-corrected chi connectivity index (χ1v) is 7.07. The second-order valence-corrected chi connectivity index (χ2v) is 5.10. The van der Waals surface area contributed by atoms with Gasteiger partial charge in [0.05, 0.1) is 11.6 Å². The van der Waals surface area contributed by atoms with Crippen LogP contribution in [-0.4, -0.2) is 5.91 Å². The Hall–Kier alpha value is -2.56. The molecule has 0 spiro atoms. The predicted octanol–water partition coefficient (Wildman–Crippen LogP) is 4.60. The summed E-state index contributed by atoms with van der Waals surface area (Å²) >= 11 is 0. The van der Waals surface area contributed by atoms with E-state index in [1.807, 2.05) is 37.3 Å². The molecular formula is C18H16F3NO. The van der Waals surface area contributed by atoms with E-state index in [-0.39, 0.29) is 11.9 Å². The Bertz CT molecular complexity index is 693. The van der Waals surface area contributed by atoms with Crippen molar-refractivity contribution in [2.75, 3.05) is 0 Å². The van der Waals surface area contributed by atoms with Crippen molar-refractivity contribution in [1.29, 1.82) is 0 Å². The number of hydrogen-bond donors (Lipinski definition) is 1. The summed E-state index contributed by atoms with van der Waals surface area (Å²) < 4.78 is 37.9. The smallest absolute Gasteiger partial charge is 0.346 e. The monoisotopic (exact) mass is 319 g/mol. The zero-order valence-corrected chi connectivity index (χ0v) is 12.5. The lowest BCUT2D eigenvalue weighted by Crippen LogP contribution is -2.24. The molecule has 1 N–H and O–H groups in total. The van der Waals surface area contributed by atoms with Gasteiger partial charge in [-0.3, -0.25) is 4.79 Å². The van der Waals surface area contributed by atoms with E-state index in [1.165, 1.54) is 24.3 Å². The molecule has 23 heavy (non-hydrogen) atoms. The zero-order chi connectivity index (χ0) is 16.9. The van der Waals surface area contributed by atoms with Crippen LogP contribution in [-0.2, 0) is 11.0 Å². The van der Waals surface area contributed by atoms with Gasteiger partial charge in [-0.15, -0.1) is 0 Å². The highest BCUT2D eigenvalue weighted by atomic mass is 19.4. The summed E-state index contributed by atoms with van der Waals surface area (Å²) in [5.41, 5.74) is 0.536. The molecule has 120 valence electrons. The number of alkyl halides is 3. The lowest BCUT2D eigenvalue weighted by atomic mass is 10.1. The normalized spacial score (nSPS) is 13.0. The van der Waals surface area contributed by atoms with E-state index < -0.39 is 11.7 Å². The van der Waals surface area contributed by atoms with Gasteiger partial charge in [-0.2, -0.15) is 13.2 Å². The maximum absolute atomic E-state index is 12.6. The molecule has 0 radical (unpaired) electrons. The second kappa shape index (κ2) is 7.13. The molecule has 0 aromatic heterocycles. The first-order valence-electron chi connectivity index (χ1n) is 7.07. The standard InChI is InChI=1S/C18H16F3NO/c1-13(15-7-3-2-4-8-15)22-17(23)11-10-14-6-5-9-16(12-14)18(19,20)21/h2-13H,1H3,(H,22,23)/b11-10+. The number of hydrogen-bond acceptors (Lipinski definition) is 1. The first kappa shape index (κ1) is 16.8. The van der Waals surface area contributed by atoms with Crippen LogP contribution in [0.3, 0.4) is 0 Å². The van der Waals surface area contributed by atoms with E-state index in [1.54, 1.807) is 0 Å². The highest BCUT2D eigenvalue weighted by Gasteiger charge is 2.30. The Morgan fingerprint density at radius 1 is 1.09 bits per heavy atom. The minimum Gasteiger partial charge on any atom is -0.346 e. The Kier molecular flexibility index (Phi) is 5.21. The summed E-state index contributed by atoms with van der Waals surface area (Å²) in [7, 11) is 0. The summed E-state index contributed by atoms with van der Waals surface area (Å²) in [6.45, 7) is 1.84. The number of rotatable bonds is 4. The van der Waals surface area contributed by atoms with Crippen LogP contribution >= 0.6 is 0 Å². The fourth-order valence-electron chi connectivity index (χ4n) is 2.08. The molecule has 0 saturated heterocycles. The Labute approximate surface area is 132 Å². The topological polar surface area (TPSA) is 29.1 Å². The number of carbonyl (C=O) groups is 1. The minimum atomic E-state index is -4.39. The minimum absolute atomic E-state index is 0.185. The van der Waals surface area contributed by atoms with Crippen molar-refractivity contribution >= 4 is 12.0 Å². The molecule has 1 atom stereocenters. The third-order valence-electron chi connectivity index (χ3n) is 3.30. The third kappa shape index (κ3) is 4.98. The van der Waals surface area contributed by atoms with Gasteiger partial charge in [0.2, 0.25) is 5.91 Å². The average Bonchev–Trinajstić information content (AvgIpc) is 2.53. The van der Waals surface area contributed by atoms with Gasteiger partial charge < -0.3 is 5.32 Å². The molecule has 2 aromatic carbocycles. The van der Waals surface area contributed by atoms with Gasteiger partial charge in [0.25, 0.3) is 0 Å². The predicted molar refractivity (Wildman–Crippen MR) is 83.5 cm³/mol. The van der Waals surface area contributed by atoms with E-state index in [4.69, 9.17) is 0 Å². The van der Waals surface area contributed by atoms with E-state index in [2.05, 4.69) is 5.32 Å². The average molecular weight is 319 g/mol. The maximum Gasteiger partial charge on any atom is 0.416 e. The molecule has 0 aliphatic rings. The van der Waals surface area contributed by atoms with Crippen molar-refractivity contribution in [1.82, 2.24) is 5.32 Å². The molecule has 1 unspecified atom stereocenters. The van der Waals surface area contributed by atoms with E-state index in [9.17, 15) is 18.0 Å². The maximum atomic E-state index is 12.6. The Balaban J connectivity index is 2.01. The molecule has 0 aliphatic carbocycles. The number of amides is 1. The summed E-state index contributed by atoms with van der Waals surface area (Å²) in [5.74, 6) is -0.362. The van der Waals surface area contributed by atoms with Gasteiger partial charge in [0.1, 0.15) is 0 Å². The Morgan fingerprint density at radius 3 is 2.43 bits per heavy atom. The summed E-state index contributed by atoms with van der Waals surface area (Å²) in [6.07, 6.45) is -1.80. The number of benzene rings is 2. The van der Waals surface area contributed by atoms with Crippen molar-refractivity contribution in [2.24, 2.45) is 0 Å². The zero-order valence-electron chi connectivity index (χ0n) is 12.5. The van der Waals surface area contributed by atoms with E-state index in [0.717, 1.165) is 17.7 Å². The fraction of sp³-hybridized carbons (Fsp3) is 0.167. The molecule has 0 fully saturated rings. The quantitative estimate of drug-likeness (QED) is 0.820. The lowest BCUT2D eigenvalue weighted by Gasteiger charge is -2.12. The highest BCUT2D eigenvalue weighted by Crippen LogP contribution is 2.29. The summed E-state index contributed by atoms with van der Waals surface area (Å²) in [5, 5.41) is 2.76. The van der Waals surface area contributed by atoms with E-state index in [0.29, 0.717) is 5.56 Å². The van der Waals surface area contributed by atoms with Gasteiger partial charge in [0.15, 0.2) is 0 Å². The van der Waals surface area contributed by atoms with Gasteiger partial charge in [-0.05, 0) is 36.3 Å². The molecule has 0 bridgehead atoms. The molecule has 2 rings (SSSR count). The second-order valence-electron chi connectivity index (χ2n) is 5.10.